The summed E-state index contributed by atoms with van der Waals surface area (Å²) in [4.78, 5) is 1.33. The molecule has 0 radical (unpaired) electrons. The number of nitrogens with one attached hydrogen (secondary N) is 2. The van der Waals surface area contributed by atoms with Crippen molar-refractivity contribution in [1.82, 2.24) is 10.6 Å². The van der Waals surface area contributed by atoms with Crippen molar-refractivity contribution >= 4 is 24.2 Å². The van der Waals surface area contributed by atoms with E-state index in [0.29, 0.717) is 0 Å². The molecule has 0 unspecified atom stereocenters. The van der Waals surface area contributed by atoms with Gasteiger partial charge in [0, 0.05) is 11.4 Å². The third kappa shape index (κ3) is 6.38. The topological polar surface area (TPSA) is 24.1 Å². The Morgan fingerprint density at radius 3 is 2.38 bits per heavy atom. The molecule has 0 saturated carbocycles. The van der Waals surface area contributed by atoms with Crippen molar-refractivity contribution in [3.05, 3.63) is 29.8 Å². The van der Waals surface area contributed by atoms with E-state index < -0.39 is 0 Å². The van der Waals surface area contributed by atoms with Gasteiger partial charge in [0.2, 0.25) is 0 Å². The van der Waals surface area contributed by atoms with E-state index in [1.165, 1.54) is 16.9 Å². The Morgan fingerprint density at radius 2 is 1.81 bits per heavy atom. The van der Waals surface area contributed by atoms with Crippen molar-refractivity contribution in [1.29, 1.82) is 0 Å². The fourth-order valence-electron chi connectivity index (χ4n) is 1.37. The van der Waals surface area contributed by atoms with Crippen LogP contribution in [0.25, 0.3) is 0 Å². The highest BCUT2D eigenvalue weighted by atomic mass is 35.5. The Labute approximate surface area is 109 Å². The molecule has 92 valence electrons. The van der Waals surface area contributed by atoms with Crippen LogP contribution in [0.3, 0.4) is 0 Å². The second-order valence-corrected chi connectivity index (χ2v) is 4.36. The van der Waals surface area contributed by atoms with E-state index in [0.717, 1.165) is 19.6 Å². The van der Waals surface area contributed by atoms with Gasteiger partial charge in [-0.05, 0) is 50.5 Å². The predicted octanol–water partition coefficient (Wildman–Crippen LogP) is 2.53. The van der Waals surface area contributed by atoms with Crippen LogP contribution in [0.15, 0.2) is 29.2 Å². The van der Waals surface area contributed by atoms with Gasteiger partial charge in [0.05, 0.1) is 0 Å². The normalized spacial score (nSPS) is 9.88. The summed E-state index contributed by atoms with van der Waals surface area (Å²) in [6, 6.07) is 8.73. The Hall–Kier alpha value is -0.220. The first-order chi connectivity index (χ1) is 7.36. The number of thioether (sulfide) groups is 1. The molecule has 0 aromatic heterocycles. The molecule has 0 aliphatic heterocycles. The van der Waals surface area contributed by atoms with Crippen LogP contribution in [0.2, 0.25) is 0 Å². The van der Waals surface area contributed by atoms with Gasteiger partial charge in [-0.25, -0.2) is 0 Å². The van der Waals surface area contributed by atoms with Gasteiger partial charge in [-0.3, -0.25) is 0 Å². The molecule has 0 bridgehead atoms. The van der Waals surface area contributed by atoms with E-state index >= 15 is 0 Å². The van der Waals surface area contributed by atoms with Crippen LogP contribution in [0.4, 0.5) is 0 Å². The second kappa shape index (κ2) is 9.97. The minimum atomic E-state index is 0. The quantitative estimate of drug-likeness (QED) is 0.582. The average molecular weight is 261 g/mol. The maximum absolute atomic E-state index is 3.43. The lowest BCUT2D eigenvalue weighted by Gasteiger charge is -2.05. The summed E-state index contributed by atoms with van der Waals surface area (Å²) in [6.45, 7) is 3.13. The first kappa shape index (κ1) is 15.8. The van der Waals surface area contributed by atoms with Crippen LogP contribution < -0.4 is 10.6 Å². The maximum atomic E-state index is 3.43. The number of rotatable bonds is 7. The van der Waals surface area contributed by atoms with Gasteiger partial charge in [0.1, 0.15) is 0 Å². The maximum Gasteiger partial charge on any atom is 0.0205 e. The highest BCUT2D eigenvalue weighted by molar-refractivity contribution is 7.98. The molecule has 2 N–H and O–H groups in total. The Kier molecular flexibility index (Phi) is 9.83. The molecule has 1 aromatic rings. The first-order valence-corrected chi connectivity index (χ1v) is 6.57. The number of benzene rings is 1. The smallest absolute Gasteiger partial charge is 0.0205 e. The fraction of sp³-hybridized carbons (Fsp3) is 0.500. The average Bonchev–Trinajstić information content (AvgIpc) is 2.30. The molecule has 0 aliphatic carbocycles. The molecule has 16 heavy (non-hydrogen) atoms. The third-order valence-electron chi connectivity index (χ3n) is 2.27. The lowest BCUT2D eigenvalue weighted by Crippen LogP contribution is -2.19. The molecule has 0 saturated heterocycles. The van der Waals surface area contributed by atoms with Crippen LogP contribution >= 0.6 is 24.2 Å². The van der Waals surface area contributed by atoms with Crippen LogP contribution in [0.1, 0.15) is 12.0 Å². The summed E-state index contributed by atoms with van der Waals surface area (Å²) in [5, 5.41) is 6.57. The van der Waals surface area contributed by atoms with E-state index in [-0.39, 0.29) is 12.4 Å². The predicted molar refractivity (Wildman–Crippen MR) is 75.7 cm³/mol. The van der Waals surface area contributed by atoms with Crippen molar-refractivity contribution < 1.29 is 0 Å². The van der Waals surface area contributed by atoms with Gasteiger partial charge in [-0.1, -0.05) is 12.1 Å². The molecule has 0 fully saturated rings. The van der Waals surface area contributed by atoms with Crippen LogP contribution in [-0.4, -0.2) is 26.4 Å². The van der Waals surface area contributed by atoms with Crippen LogP contribution in [-0.2, 0) is 6.54 Å². The summed E-state index contributed by atoms with van der Waals surface area (Å²) >= 11 is 1.78. The lowest BCUT2D eigenvalue weighted by molar-refractivity contribution is 0.625. The van der Waals surface area contributed by atoms with E-state index in [2.05, 4.69) is 41.2 Å². The summed E-state index contributed by atoms with van der Waals surface area (Å²) in [5.74, 6) is 0. The first-order valence-electron chi connectivity index (χ1n) is 5.35. The molecule has 4 heteroatoms. The molecule has 0 aliphatic rings. The van der Waals surface area contributed by atoms with Gasteiger partial charge < -0.3 is 10.6 Å². The molecule has 0 spiro atoms. The summed E-state index contributed by atoms with van der Waals surface area (Å²) in [7, 11) is 1.99. The van der Waals surface area contributed by atoms with Crippen molar-refractivity contribution in [2.24, 2.45) is 0 Å². The minimum Gasteiger partial charge on any atom is -0.320 e. The van der Waals surface area contributed by atoms with Gasteiger partial charge in [0.25, 0.3) is 0 Å². The summed E-state index contributed by atoms with van der Waals surface area (Å²) < 4.78 is 0. The zero-order chi connectivity index (χ0) is 10.9. The van der Waals surface area contributed by atoms with Crippen molar-refractivity contribution in [2.75, 3.05) is 26.4 Å². The van der Waals surface area contributed by atoms with Crippen molar-refractivity contribution in [2.45, 2.75) is 17.9 Å². The van der Waals surface area contributed by atoms with E-state index in [1.807, 2.05) is 7.05 Å². The molecule has 0 amide bonds. The van der Waals surface area contributed by atoms with Crippen LogP contribution in [0, 0.1) is 0 Å². The minimum absolute atomic E-state index is 0. The Balaban J connectivity index is 0.00000225. The number of hydrogen-bond acceptors (Lipinski definition) is 3. The molecule has 0 heterocycles. The molecular weight excluding hydrogens is 240 g/mol. The summed E-state index contributed by atoms with van der Waals surface area (Å²) in [5.41, 5.74) is 1.36. The van der Waals surface area contributed by atoms with Crippen molar-refractivity contribution in [3.8, 4) is 0 Å². The van der Waals surface area contributed by atoms with Gasteiger partial charge in [-0.15, -0.1) is 24.2 Å². The lowest BCUT2D eigenvalue weighted by atomic mass is 10.2. The monoisotopic (exact) mass is 260 g/mol. The molecule has 0 atom stereocenters. The Bertz CT molecular complexity index is 264. The zero-order valence-electron chi connectivity index (χ0n) is 9.95. The number of hydrogen-bond donors (Lipinski definition) is 2. The van der Waals surface area contributed by atoms with E-state index in [4.69, 9.17) is 0 Å². The highest BCUT2D eigenvalue weighted by Crippen LogP contribution is 2.14. The molecule has 1 aromatic carbocycles. The SMILES string of the molecule is CNCCCNCc1ccc(SC)cc1.Cl. The van der Waals surface area contributed by atoms with E-state index in [9.17, 15) is 0 Å². The highest BCUT2D eigenvalue weighted by Gasteiger charge is 1.93. The van der Waals surface area contributed by atoms with E-state index in [1.54, 1.807) is 11.8 Å². The Morgan fingerprint density at radius 1 is 1.12 bits per heavy atom. The summed E-state index contributed by atoms with van der Waals surface area (Å²) in [6.07, 6.45) is 3.28. The van der Waals surface area contributed by atoms with Crippen LogP contribution in [0.5, 0.6) is 0 Å². The molecule has 2 nitrogen and oxygen atoms in total. The van der Waals surface area contributed by atoms with Gasteiger partial charge in [-0.2, -0.15) is 0 Å². The largest absolute Gasteiger partial charge is 0.320 e. The number of halogens is 1. The zero-order valence-corrected chi connectivity index (χ0v) is 11.6. The molecule has 1 rings (SSSR count). The standard InChI is InChI=1S/C12H20N2S.ClH/c1-13-8-3-9-14-10-11-4-6-12(15-2)7-5-11;/h4-7,13-14H,3,8-10H2,1-2H3;1H. The second-order valence-electron chi connectivity index (χ2n) is 3.48. The third-order valence-corrected chi connectivity index (χ3v) is 3.01. The van der Waals surface area contributed by atoms with Gasteiger partial charge in [0.15, 0.2) is 0 Å². The molecular formula is C12H21ClN2S. The van der Waals surface area contributed by atoms with Gasteiger partial charge >= 0.3 is 0 Å². The van der Waals surface area contributed by atoms with Crippen molar-refractivity contribution in [3.63, 3.8) is 0 Å². The fourth-order valence-corrected chi connectivity index (χ4v) is 1.77.